The minimum Gasteiger partial charge on any atom is -0.344 e. The molecular formula is C42H74O2. The van der Waals surface area contributed by atoms with E-state index in [9.17, 15) is 0 Å². The summed E-state index contributed by atoms with van der Waals surface area (Å²) in [5.74, 6) is -0.264. The van der Waals surface area contributed by atoms with E-state index in [0.29, 0.717) is 12.2 Å². The summed E-state index contributed by atoms with van der Waals surface area (Å²) in [7, 11) is 0. The van der Waals surface area contributed by atoms with Gasteiger partial charge in [-0.2, -0.15) is 0 Å². The monoisotopic (exact) mass is 611 g/mol. The van der Waals surface area contributed by atoms with Gasteiger partial charge in [-0.25, -0.2) is 0 Å². The molecule has 2 fully saturated rings. The lowest BCUT2D eigenvalue weighted by atomic mass is 9.98. The Morgan fingerprint density at radius 2 is 0.773 bits per heavy atom. The quantitative estimate of drug-likeness (QED) is 0.0595. The average molecular weight is 611 g/mol. The molecule has 2 rings (SSSR count). The van der Waals surface area contributed by atoms with Crippen LogP contribution in [0.5, 0.6) is 0 Å². The first-order chi connectivity index (χ1) is 21.8. The smallest absolute Gasteiger partial charge is 0.169 e. The molecule has 1 aliphatic carbocycles. The predicted molar refractivity (Wildman–Crippen MR) is 194 cm³/mol. The molecule has 0 aromatic carbocycles. The van der Waals surface area contributed by atoms with Gasteiger partial charge in [0.15, 0.2) is 5.79 Å². The van der Waals surface area contributed by atoms with Crippen LogP contribution in [0.3, 0.4) is 0 Å². The number of unbranched alkanes of at least 4 members (excludes halogenated alkanes) is 18. The molecule has 1 aliphatic heterocycles. The summed E-state index contributed by atoms with van der Waals surface area (Å²) in [4.78, 5) is 0. The fourth-order valence-corrected chi connectivity index (χ4v) is 6.87. The molecule has 0 bridgehead atoms. The van der Waals surface area contributed by atoms with Crippen molar-refractivity contribution in [2.24, 2.45) is 0 Å². The van der Waals surface area contributed by atoms with Gasteiger partial charge in [-0.3, -0.25) is 0 Å². The Morgan fingerprint density at radius 1 is 0.432 bits per heavy atom. The Morgan fingerprint density at radius 3 is 1.16 bits per heavy atom. The van der Waals surface area contributed by atoms with Crippen molar-refractivity contribution in [3.8, 4) is 0 Å². The largest absolute Gasteiger partial charge is 0.344 e. The topological polar surface area (TPSA) is 18.5 Å². The van der Waals surface area contributed by atoms with Gasteiger partial charge in [-0.15, -0.1) is 0 Å². The van der Waals surface area contributed by atoms with Crippen molar-refractivity contribution < 1.29 is 9.47 Å². The average Bonchev–Trinajstić information content (AvgIpc) is 3.60. The van der Waals surface area contributed by atoms with Crippen molar-refractivity contribution in [2.75, 3.05) is 0 Å². The second-order valence-corrected chi connectivity index (χ2v) is 13.8. The van der Waals surface area contributed by atoms with E-state index in [1.54, 1.807) is 0 Å². The Labute approximate surface area is 275 Å². The molecule has 254 valence electrons. The molecule has 2 atom stereocenters. The number of fused-ring (bicyclic) bond motifs is 1. The van der Waals surface area contributed by atoms with Gasteiger partial charge >= 0.3 is 0 Å². The third kappa shape index (κ3) is 20.1. The number of hydrogen-bond acceptors (Lipinski definition) is 2. The number of hydrogen-bond donors (Lipinski definition) is 0. The highest BCUT2D eigenvalue weighted by Gasteiger charge is 2.48. The zero-order chi connectivity index (χ0) is 31.2. The van der Waals surface area contributed by atoms with E-state index in [1.165, 1.54) is 161 Å². The van der Waals surface area contributed by atoms with Crippen molar-refractivity contribution in [1.29, 1.82) is 0 Å². The van der Waals surface area contributed by atoms with Crippen LogP contribution in [0.25, 0.3) is 0 Å². The lowest BCUT2D eigenvalue weighted by Gasteiger charge is -2.29. The maximum absolute atomic E-state index is 6.67. The minimum absolute atomic E-state index is 0.264. The van der Waals surface area contributed by atoms with Gasteiger partial charge in [0.1, 0.15) is 0 Å². The maximum atomic E-state index is 6.67. The van der Waals surface area contributed by atoms with Crippen LogP contribution in [0, 0.1) is 0 Å². The van der Waals surface area contributed by atoms with Crippen LogP contribution in [-0.4, -0.2) is 18.0 Å². The normalized spacial score (nSPS) is 20.0. The van der Waals surface area contributed by atoms with E-state index in [0.717, 1.165) is 25.7 Å². The second-order valence-electron chi connectivity index (χ2n) is 13.8. The van der Waals surface area contributed by atoms with Crippen molar-refractivity contribution in [3.05, 3.63) is 48.6 Å². The minimum atomic E-state index is -0.264. The fourth-order valence-electron chi connectivity index (χ4n) is 6.87. The summed E-state index contributed by atoms with van der Waals surface area (Å²) < 4.78 is 13.3. The first-order valence-corrected chi connectivity index (χ1v) is 19.8. The van der Waals surface area contributed by atoms with E-state index in [-0.39, 0.29) is 5.79 Å². The van der Waals surface area contributed by atoms with Crippen molar-refractivity contribution in [1.82, 2.24) is 0 Å². The Kier molecular flexibility index (Phi) is 25.0. The molecule has 1 saturated carbocycles. The molecule has 2 nitrogen and oxygen atoms in total. The van der Waals surface area contributed by atoms with E-state index >= 15 is 0 Å². The summed E-state index contributed by atoms with van der Waals surface area (Å²) in [5.41, 5.74) is 0. The Hall–Kier alpha value is -1.12. The first-order valence-electron chi connectivity index (χ1n) is 19.8. The van der Waals surface area contributed by atoms with Gasteiger partial charge in [-0.1, -0.05) is 140 Å². The van der Waals surface area contributed by atoms with Crippen LogP contribution in [0.1, 0.15) is 200 Å². The summed E-state index contributed by atoms with van der Waals surface area (Å²) in [6.07, 6.45) is 56.8. The van der Waals surface area contributed by atoms with Gasteiger partial charge in [0.2, 0.25) is 0 Å². The summed E-state index contributed by atoms with van der Waals surface area (Å²) in [6, 6.07) is 0. The van der Waals surface area contributed by atoms with Crippen molar-refractivity contribution in [2.45, 2.75) is 218 Å². The molecule has 2 heteroatoms. The van der Waals surface area contributed by atoms with Crippen LogP contribution in [0.4, 0.5) is 0 Å². The number of ether oxygens (including phenoxy) is 2. The lowest BCUT2D eigenvalue weighted by Crippen LogP contribution is -2.31. The van der Waals surface area contributed by atoms with Crippen molar-refractivity contribution in [3.63, 3.8) is 0 Å². The zero-order valence-electron chi connectivity index (χ0n) is 29.6. The first kappa shape index (κ1) is 39.1. The standard InChI is InChI=1S/C42H74O2/c1-3-5-7-9-11-13-15-17-19-21-23-25-27-29-31-33-38-42(43-40-36-35-37-41(40)44-42)39-34-32-30-28-26-24-22-20-18-16-14-12-10-8-6-4-2/h11-14,17-20,40-41H,3-10,15-16,21-39H2,1-2H3/b13-11-,14-12-,19-17-,20-18-/t40-,41+. The van der Waals surface area contributed by atoms with Crippen LogP contribution < -0.4 is 0 Å². The molecule has 0 unspecified atom stereocenters. The molecule has 0 N–H and O–H groups in total. The molecule has 0 radical (unpaired) electrons. The Balaban J connectivity index is 1.46. The van der Waals surface area contributed by atoms with Gasteiger partial charge in [0.25, 0.3) is 0 Å². The summed E-state index contributed by atoms with van der Waals surface area (Å²) in [6.45, 7) is 4.54. The van der Waals surface area contributed by atoms with Crippen LogP contribution in [-0.2, 0) is 9.47 Å². The molecule has 0 amide bonds. The molecule has 0 spiro atoms. The molecule has 0 aromatic heterocycles. The van der Waals surface area contributed by atoms with Crippen LogP contribution >= 0.6 is 0 Å². The maximum Gasteiger partial charge on any atom is 0.169 e. The van der Waals surface area contributed by atoms with Gasteiger partial charge < -0.3 is 9.47 Å². The molecule has 1 heterocycles. The van der Waals surface area contributed by atoms with Gasteiger partial charge in [0.05, 0.1) is 12.2 Å². The highest BCUT2D eigenvalue weighted by Crippen LogP contribution is 2.43. The molecule has 44 heavy (non-hydrogen) atoms. The van der Waals surface area contributed by atoms with Crippen LogP contribution in [0.15, 0.2) is 48.6 Å². The number of allylic oxidation sites excluding steroid dienone is 8. The summed E-state index contributed by atoms with van der Waals surface area (Å²) >= 11 is 0. The summed E-state index contributed by atoms with van der Waals surface area (Å²) in [5, 5.41) is 0. The molecular weight excluding hydrogens is 536 g/mol. The highest BCUT2D eigenvalue weighted by atomic mass is 16.8. The molecule has 2 aliphatic rings. The molecule has 1 saturated heterocycles. The fraction of sp³-hybridized carbons (Fsp3) is 0.810. The van der Waals surface area contributed by atoms with E-state index < -0.39 is 0 Å². The second kappa shape index (κ2) is 28.1. The Bertz CT molecular complexity index is 685. The third-order valence-electron chi connectivity index (χ3n) is 9.64. The van der Waals surface area contributed by atoms with Crippen molar-refractivity contribution >= 4 is 0 Å². The SMILES string of the molecule is CCCCC/C=C\C/C=C\CCCCCCCCC1(CCCCCCCC/C=C\C/C=C\CCCCC)O[C@H]2CCC[C@H]2O1. The van der Waals surface area contributed by atoms with E-state index in [1.807, 2.05) is 0 Å². The number of rotatable bonds is 30. The highest BCUT2D eigenvalue weighted by molar-refractivity contribution is 4.94. The van der Waals surface area contributed by atoms with Gasteiger partial charge in [-0.05, 0) is 96.3 Å². The van der Waals surface area contributed by atoms with E-state index in [4.69, 9.17) is 9.47 Å². The van der Waals surface area contributed by atoms with E-state index in [2.05, 4.69) is 62.5 Å². The van der Waals surface area contributed by atoms with Gasteiger partial charge in [0, 0.05) is 12.8 Å². The van der Waals surface area contributed by atoms with Crippen LogP contribution in [0.2, 0.25) is 0 Å². The predicted octanol–water partition coefficient (Wildman–Crippen LogP) is 14.1. The molecule has 0 aromatic rings. The third-order valence-corrected chi connectivity index (χ3v) is 9.64. The zero-order valence-corrected chi connectivity index (χ0v) is 29.6. The lowest BCUT2D eigenvalue weighted by molar-refractivity contribution is -0.190.